The van der Waals surface area contributed by atoms with Gasteiger partial charge in [0.05, 0.1) is 5.75 Å². The van der Waals surface area contributed by atoms with E-state index in [9.17, 15) is 8.42 Å². The molecule has 0 fully saturated rings. The van der Waals surface area contributed by atoms with Crippen LogP contribution >= 0.6 is 0 Å². The van der Waals surface area contributed by atoms with Crippen LogP contribution in [0.25, 0.3) is 0 Å². The van der Waals surface area contributed by atoms with E-state index in [4.69, 9.17) is 5.14 Å². The van der Waals surface area contributed by atoms with Crippen molar-refractivity contribution in [2.45, 2.75) is 19.9 Å². The van der Waals surface area contributed by atoms with E-state index in [0.29, 0.717) is 13.1 Å². The molecule has 6 heteroatoms. The van der Waals surface area contributed by atoms with Crippen LogP contribution in [0.15, 0.2) is 30.3 Å². The maximum absolute atomic E-state index is 10.9. The molecule has 0 aromatic heterocycles. The van der Waals surface area contributed by atoms with Gasteiger partial charge in [0.2, 0.25) is 10.0 Å². The topological polar surface area (TPSA) is 75.4 Å². The van der Waals surface area contributed by atoms with Crippen molar-refractivity contribution in [3.05, 3.63) is 35.9 Å². The van der Waals surface area contributed by atoms with Gasteiger partial charge in [-0.05, 0) is 18.7 Å². The lowest BCUT2D eigenvalue weighted by molar-refractivity contribution is 0.214. The van der Waals surface area contributed by atoms with Crippen molar-refractivity contribution >= 4 is 10.0 Å². The van der Waals surface area contributed by atoms with Crippen LogP contribution in [0.4, 0.5) is 0 Å². The van der Waals surface area contributed by atoms with Crippen LogP contribution in [0.2, 0.25) is 0 Å². The Balaban J connectivity index is 2.65. The molecule has 0 heterocycles. The van der Waals surface area contributed by atoms with Crippen molar-refractivity contribution in [1.29, 1.82) is 0 Å². The highest BCUT2D eigenvalue weighted by molar-refractivity contribution is 7.89. The van der Waals surface area contributed by atoms with E-state index in [2.05, 4.69) is 36.2 Å². The smallest absolute Gasteiger partial charge is 0.210 e. The monoisotopic (exact) mass is 299 g/mol. The zero-order chi connectivity index (χ0) is 15.0. The highest BCUT2D eigenvalue weighted by Gasteiger charge is 2.17. The summed E-state index contributed by atoms with van der Waals surface area (Å²) in [5, 5.41) is 8.19. The minimum absolute atomic E-state index is 0.0350. The largest absolute Gasteiger partial charge is 0.314 e. The first-order valence-electron chi connectivity index (χ1n) is 6.98. The first-order chi connectivity index (χ1) is 9.48. The van der Waals surface area contributed by atoms with E-state index < -0.39 is 10.0 Å². The number of primary sulfonamides is 1. The van der Waals surface area contributed by atoms with Crippen LogP contribution in [0.5, 0.6) is 0 Å². The van der Waals surface area contributed by atoms with Crippen LogP contribution in [-0.2, 0) is 10.0 Å². The molecule has 1 aromatic carbocycles. The predicted octanol–water partition coefficient (Wildman–Crippen LogP) is 0.948. The standard InChI is InChI=1S/C14H25N3O2S/c1-3-17(4-2)14(13-8-6-5-7-9-13)12-16-10-11-20(15,18)19/h5-9,14,16H,3-4,10-12H2,1-2H3,(H2,15,18,19). The van der Waals surface area contributed by atoms with Crippen LogP contribution in [0.1, 0.15) is 25.5 Å². The summed E-state index contributed by atoms with van der Waals surface area (Å²) >= 11 is 0. The first-order valence-corrected chi connectivity index (χ1v) is 8.69. The molecule has 0 amide bonds. The maximum Gasteiger partial charge on any atom is 0.210 e. The minimum atomic E-state index is -3.39. The van der Waals surface area contributed by atoms with Crippen molar-refractivity contribution < 1.29 is 8.42 Å². The molecule has 1 aromatic rings. The number of sulfonamides is 1. The molecule has 5 nitrogen and oxygen atoms in total. The predicted molar refractivity (Wildman–Crippen MR) is 82.9 cm³/mol. The Labute approximate surface area is 122 Å². The van der Waals surface area contributed by atoms with Gasteiger partial charge in [0.25, 0.3) is 0 Å². The lowest BCUT2D eigenvalue weighted by Gasteiger charge is -2.30. The Hall–Kier alpha value is -0.950. The molecule has 3 N–H and O–H groups in total. The molecule has 20 heavy (non-hydrogen) atoms. The zero-order valence-corrected chi connectivity index (χ0v) is 13.1. The lowest BCUT2D eigenvalue weighted by Crippen LogP contribution is -2.37. The summed E-state index contributed by atoms with van der Waals surface area (Å²) in [5.41, 5.74) is 1.24. The van der Waals surface area contributed by atoms with E-state index in [0.717, 1.165) is 13.1 Å². The summed E-state index contributed by atoms with van der Waals surface area (Å²) in [6.07, 6.45) is 0. The zero-order valence-electron chi connectivity index (χ0n) is 12.2. The Morgan fingerprint density at radius 1 is 1.20 bits per heavy atom. The van der Waals surface area contributed by atoms with E-state index in [1.165, 1.54) is 5.56 Å². The second-order valence-corrected chi connectivity index (χ2v) is 6.45. The van der Waals surface area contributed by atoms with E-state index in [1.54, 1.807) is 0 Å². The second-order valence-electron chi connectivity index (χ2n) is 4.72. The Bertz CT molecular complexity index is 472. The fourth-order valence-electron chi connectivity index (χ4n) is 2.25. The Morgan fingerprint density at radius 2 is 1.80 bits per heavy atom. The molecule has 0 radical (unpaired) electrons. The highest BCUT2D eigenvalue weighted by atomic mass is 32.2. The Morgan fingerprint density at radius 3 is 2.30 bits per heavy atom. The van der Waals surface area contributed by atoms with Gasteiger partial charge >= 0.3 is 0 Å². The van der Waals surface area contributed by atoms with Crippen molar-refractivity contribution in [2.24, 2.45) is 5.14 Å². The lowest BCUT2D eigenvalue weighted by atomic mass is 10.1. The SMILES string of the molecule is CCN(CC)C(CNCCS(N)(=O)=O)c1ccccc1. The normalized spacial score (nSPS) is 13.6. The van der Waals surface area contributed by atoms with Crippen molar-refractivity contribution in [2.75, 3.05) is 31.9 Å². The third-order valence-corrected chi connectivity index (χ3v) is 4.11. The van der Waals surface area contributed by atoms with E-state index >= 15 is 0 Å². The van der Waals surface area contributed by atoms with Gasteiger partial charge in [-0.15, -0.1) is 0 Å². The molecule has 1 rings (SSSR count). The summed E-state index contributed by atoms with van der Waals surface area (Å²) in [5.74, 6) is -0.0350. The van der Waals surface area contributed by atoms with Crippen LogP contribution in [-0.4, -0.2) is 45.2 Å². The number of nitrogens with zero attached hydrogens (tertiary/aromatic N) is 1. The van der Waals surface area contributed by atoms with E-state index in [1.807, 2.05) is 18.2 Å². The quantitative estimate of drug-likeness (QED) is 0.666. The second kappa shape index (κ2) is 8.36. The number of nitrogens with one attached hydrogen (secondary N) is 1. The number of benzene rings is 1. The van der Waals surface area contributed by atoms with Gasteiger partial charge in [0.15, 0.2) is 0 Å². The number of hydrogen-bond acceptors (Lipinski definition) is 4. The molecular formula is C14H25N3O2S. The Kier molecular flexibility index (Phi) is 7.15. The highest BCUT2D eigenvalue weighted by Crippen LogP contribution is 2.19. The van der Waals surface area contributed by atoms with Crippen LogP contribution < -0.4 is 10.5 Å². The van der Waals surface area contributed by atoms with Gasteiger partial charge in [-0.3, -0.25) is 4.90 Å². The third kappa shape index (κ3) is 6.00. The average molecular weight is 299 g/mol. The number of rotatable bonds is 9. The molecule has 0 saturated carbocycles. The summed E-state index contributed by atoms with van der Waals surface area (Å²) in [6.45, 7) is 7.25. The molecular weight excluding hydrogens is 274 g/mol. The number of nitrogens with two attached hydrogens (primary N) is 1. The minimum Gasteiger partial charge on any atom is -0.314 e. The molecule has 0 saturated heterocycles. The molecule has 0 bridgehead atoms. The van der Waals surface area contributed by atoms with Gasteiger partial charge in [-0.25, -0.2) is 13.6 Å². The van der Waals surface area contributed by atoms with Gasteiger partial charge in [-0.2, -0.15) is 0 Å². The number of likely N-dealkylation sites (N-methyl/N-ethyl adjacent to an activating group) is 1. The summed E-state index contributed by atoms with van der Waals surface area (Å²) in [7, 11) is -3.39. The van der Waals surface area contributed by atoms with Crippen LogP contribution in [0, 0.1) is 0 Å². The fourth-order valence-corrected chi connectivity index (χ4v) is 2.68. The van der Waals surface area contributed by atoms with Crippen molar-refractivity contribution in [3.8, 4) is 0 Å². The average Bonchev–Trinajstić information content (AvgIpc) is 2.42. The number of hydrogen-bond donors (Lipinski definition) is 2. The van der Waals surface area contributed by atoms with Crippen molar-refractivity contribution in [1.82, 2.24) is 10.2 Å². The molecule has 0 aliphatic rings. The first kappa shape index (κ1) is 17.1. The molecule has 0 aliphatic carbocycles. The van der Waals surface area contributed by atoms with Gasteiger partial charge < -0.3 is 5.32 Å². The molecule has 0 spiro atoms. The fraction of sp³-hybridized carbons (Fsp3) is 0.571. The summed E-state index contributed by atoms with van der Waals surface area (Å²) in [6, 6.07) is 10.5. The van der Waals surface area contributed by atoms with Gasteiger partial charge in [-0.1, -0.05) is 44.2 Å². The maximum atomic E-state index is 10.9. The third-order valence-electron chi connectivity index (χ3n) is 3.34. The molecule has 1 atom stereocenters. The van der Waals surface area contributed by atoms with Crippen molar-refractivity contribution in [3.63, 3.8) is 0 Å². The summed E-state index contributed by atoms with van der Waals surface area (Å²) < 4.78 is 21.8. The molecule has 0 aliphatic heterocycles. The summed E-state index contributed by atoms with van der Waals surface area (Å²) in [4.78, 5) is 2.35. The van der Waals surface area contributed by atoms with Gasteiger partial charge in [0, 0.05) is 19.1 Å². The van der Waals surface area contributed by atoms with Gasteiger partial charge in [0.1, 0.15) is 0 Å². The van der Waals surface area contributed by atoms with E-state index in [-0.39, 0.29) is 11.8 Å². The van der Waals surface area contributed by atoms with Crippen LogP contribution in [0.3, 0.4) is 0 Å². The molecule has 114 valence electrons. The molecule has 1 unspecified atom stereocenters.